The molecular formula is C23H21N9O. The molecule has 1 saturated heterocycles. The topological polar surface area (TPSA) is 116 Å². The molecule has 0 aliphatic carbocycles. The fourth-order valence-corrected chi connectivity index (χ4v) is 4.12. The molecule has 0 spiro atoms. The van der Waals surface area contributed by atoms with Crippen LogP contribution in [0.15, 0.2) is 61.4 Å². The fraction of sp³-hybridized carbons (Fsp3) is 0.174. The van der Waals surface area contributed by atoms with Gasteiger partial charge in [0, 0.05) is 61.3 Å². The van der Waals surface area contributed by atoms with E-state index in [1.54, 1.807) is 23.0 Å². The van der Waals surface area contributed by atoms with Crippen molar-refractivity contribution in [3.63, 3.8) is 0 Å². The molecular weight excluding hydrogens is 418 g/mol. The Labute approximate surface area is 188 Å². The smallest absolute Gasteiger partial charge is 0.255 e. The van der Waals surface area contributed by atoms with Gasteiger partial charge < -0.3 is 20.5 Å². The third-order valence-electron chi connectivity index (χ3n) is 5.83. The molecule has 0 radical (unpaired) electrons. The van der Waals surface area contributed by atoms with Crippen molar-refractivity contribution in [2.45, 2.75) is 0 Å². The maximum atomic E-state index is 13.0. The summed E-state index contributed by atoms with van der Waals surface area (Å²) in [6.45, 7) is 3.56. The summed E-state index contributed by atoms with van der Waals surface area (Å²) >= 11 is 0. The van der Waals surface area contributed by atoms with Crippen LogP contribution < -0.4 is 15.5 Å². The van der Waals surface area contributed by atoms with E-state index in [2.05, 4.69) is 40.6 Å². The summed E-state index contributed by atoms with van der Waals surface area (Å²) in [5.74, 6) is 0.617. The number of aromatic amines is 1. The van der Waals surface area contributed by atoms with Gasteiger partial charge in [0.2, 0.25) is 0 Å². The largest absolute Gasteiger partial charge is 0.354 e. The standard InChI is InChI=1S/C23H21N9O/c33-23(16-1-3-25-20(10-16)31-7-4-24-5-8-31)30-17-11-18-19(13-27-22(18)26-12-17)15-2-6-32-21(9-15)28-14-29-32/h1-3,6,9-14,24H,4-5,7-8H2,(H,26,27)(H,30,33). The SMILES string of the molecule is O=C(Nc1cnc2[nH]cc(-c3ccn4ncnc4c3)c2c1)c1ccnc(N2CCNCC2)c1. The Morgan fingerprint density at radius 1 is 1.06 bits per heavy atom. The van der Waals surface area contributed by atoms with Crippen LogP contribution in [0.2, 0.25) is 0 Å². The predicted octanol–water partition coefficient (Wildman–Crippen LogP) is 2.33. The number of anilines is 2. The first-order valence-electron chi connectivity index (χ1n) is 10.7. The Hall–Kier alpha value is -4.31. The molecule has 33 heavy (non-hydrogen) atoms. The Balaban J connectivity index is 1.28. The number of carbonyl (C=O) groups excluding carboxylic acids is 1. The Morgan fingerprint density at radius 2 is 1.97 bits per heavy atom. The van der Waals surface area contributed by atoms with Crippen LogP contribution in [0.1, 0.15) is 10.4 Å². The van der Waals surface area contributed by atoms with Crippen LogP contribution in [0.4, 0.5) is 11.5 Å². The highest BCUT2D eigenvalue weighted by molar-refractivity contribution is 6.06. The minimum atomic E-state index is -0.197. The van der Waals surface area contributed by atoms with Crippen LogP contribution in [0.5, 0.6) is 0 Å². The maximum absolute atomic E-state index is 13.0. The number of fused-ring (bicyclic) bond motifs is 2. The normalized spacial score (nSPS) is 14.1. The van der Waals surface area contributed by atoms with Gasteiger partial charge in [-0.3, -0.25) is 4.79 Å². The second-order valence-electron chi connectivity index (χ2n) is 7.89. The Kier molecular flexibility index (Phi) is 4.69. The Bertz CT molecular complexity index is 1470. The quantitative estimate of drug-likeness (QED) is 0.394. The number of amides is 1. The molecule has 6 heterocycles. The van der Waals surface area contributed by atoms with Crippen LogP contribution in [-0.2, 0) is 0 Å². The summed E-state index contributed by atoms with van der Waals surface area (Å²) in [6, 6.07) is 9.43. The Morgan fingerprint density at radius 3 is 2.88 bits per heavy atom. The number of hydrogen-bond acceptors (Lipinski definition) is 7. The minimum Gasteiger partial charge on any atom is -0.354 e. The molecule has 6 rings (SSSR count). The van der Waals surface area contributed by atoms with E-state index >= 15 is 0 Å². The van der Waals surface area contributed by atoms with Gasteiger partial charge in [-0.05, 0) is 35.9 Å². The third kappa shape index (κ3) is 3.66. The van der Waals surface area contributed by atoms with Crippen LogP contribution in [0.25, 0.3) is 27.8 Å². The van der Waals surface area contributed by atoms with Crippen molar-refractivity contribution in [2.75, 3.05) is 36.4 Å². The average molecular weight is 439 g/mol. The van der Waals surface area contributed by atoms with E-state index in [1.165, 1.54) is 6.33 Å². The number of nitrogens with one attached hydrogen (secondary N) is 3. The van der Waals surface area contributed by atoms with Gasteiger partial charge in [0.15, 0.2) is 5.65 Å². The molecule has 1 aliphatic heterocycles. The fourth-order valence-electron chi connectivity index (χ4n) is 4.12. The molecule has 5 aromatic rings. The molecule has 164 valence electrons. The zero-order valence-electron chi connectivity index (χ0n) is 17.7. The van der Waals surface area contributed by atoms with Crippen molar-refractivity contribution in [1.82, 2.24) is 34.9 Å². The summed E-state index contributed by atoms with van der Waals surface area (Å²) in [6.07, 6.45) is 8.64. The lowest BCUT2D eigenvalue weighted by Gasteiger charge is -2.28. The summed E-state index contributed by atoms with van der Waals surface area (Å²) < 4.78 is 1.71. The van der Waals surface area contributed by atoms with Crippen molar-refractivity contribution in [1.29, 1.82) is 0 Å². The maximum Gasteiger partial charge on any atom is 0.255 e. The molecule has 0 unspecified atom stereocenters. The number of hydrogen-bond donors (Lipinski definition) is 3. The molecule has 0 saturated carbocycles. The van der Waals surface area contributed by atoms with Crippen LogP contribution in [0, 0.1) is 0 Å². The molecule has 3 N–H and O–H groups in total. The van der Waals surface area contributed by atoms with E-state index in [0.717, 1.165) is 59.8 Å². The summed E-state index contributed by atoms with van der Waals surface area (Å²) in [7, 11) is 0. The highest BCUT2D eigenvalue weighted by Gasteiger charge is 2.15. The molecule has 1 aliphatic rings. The van der Waals surface area contributed by atoms with Crippen molar-refractivity contribution in [3.05, 3.63) is 67.0 Å². The number of carbonyl (C=O) groups is 1. The van der Waals surface area contributed by atoms with E-state index < -0.39 is 0 Å². The first-order chi connectivity index (χ1) is 16.2. The minimum absolute atomic E-state index is 0.197. The second-order valence-corrected chi connectivity index (χ2v) is 7.89. The number of aromatic nitrogens is 6. The van der Waals surface area contributed by atoms with Gasteiger partial charge >= 0.3 is 0 Å². The highest BCUT2D eigenvalue weighted by atomic mass is 16.1. The number of piperazine rings is 1. The lowest BCUT2D eigenvalue weighted by molar-refractivity contribution is 0.102. The van der Waals surface area contributed by atoms with Crippen LogP contribution in [0.3, 0.4) is 0 Å². The second kappa shape index (κ2) is 7.99. The van der Waals surface area contributed by atoms with Crippen molar-refractivity contribution in [2.24, 2.45) is 0 Å². The van der Waals surface area contributed by atoms with Gasteiger partial charge in [-0.15, -0.1) is 0 Å². The zero-order valence-corrected chi connectivity index (χ0v) is 17.7. The van der Waals surface area contributed by atoms with Crippen molar-refractivity contribution < 1.29 is 4.79 Å². The third-order valence-corrected chi connectivity index (χ3v) is 5.83. The van der Waals surface area contributed by atoms with Crippen LogP contribution >= 0.6 is 0 Å². The molecule has 10 nitrogen and oxygen atoms in total. The zero-order chi connectivity index (χ0) is 22.2. The van der Waals surface area contributed by atoms with Gasteiger partial charge in [0.25, 0.3) is 5.91 Å². The number of nitrogens with zero attached hydrogens (tertiary/aromatic N) is 6. The van der Waals surface area contributed by atoms with E-state index in [0.29, 0.717) is 11.3 Å². The average Bonchev–Trinajstić information content (AvgIpc) is 3.51. The lowest BCUT2D eigenvalue weighted by Crippen LogP contribution is -2.43. The van der Waals surface area contributed by atoms with Gasteiger partial charge in [-0.1, -0.05) is 0 Å². The highest BCUT2D eigenvalue weighted by Crippen LogP contribution is 2.30. The molecule has 10 heteroatoms. The molecule has 1 fully saturated rings. The monoisotopic (exact) mass is 439 g/mol. The van der Waals surface area contributed by atoms with E-state index in [1.807, 2.05) is 36.7 Å². The van der Waals surface area contributed by atoms with E-state index in [-0.39, 0.29) is 5.91 Å². The van der Waals surface area contributed by atoms with Gasteiger partial charge in [0.1, 0.15) is 17.8 Å². The summed E-state index contributed by atoms with van der Waals surface area (Å²) in [5, 5.41) is 11.4. The molecule has 5 aromatic heterocycles. The number of pyridine rings is 3. The van der Waals surface area contributed by atoms with Crippen LogP contribution in [-0.4, -0.2) is 61.6 Å². The molecule has 1 amide bonds. The summed E-state index contributed by atoms with van der Waals surface area (Å²) in [5.41, 5.74) is 4.65. The van der Waals surface area contributed by atoms with Crippen molar-refractivity contribution >= 4 is 34.1 Å². The first kappa shape index (κ1) is 19.4. The number of H-pyrrole nitrogens is 1. The van der Waals surface area contributed by atoms with E-state index in [9.17, 15) is 4.79 Å². The lowest BCUT2D eigenvalue weighted by atomic mass is 10.1. The van der Waals surface area contributed by atoms with Gasteiger partial charge in [-0.25, -0.2) is 19.5 Å². The van der Waals surface area contributed by atoms with Crippen molar-refractivity contribution in [3.8, 4) is 11.1 Å². The van der Waals surface area contributed by atoms with Gasteiger partial charge in [0.05, 0.1) is 11.9 Å². The van der Waals surface area contributed by atoms with Gasteiger partial charge in [-0.2, -0.15) is 5.10 Å². The molecule has 0 aromatic carbocycles. The first-order valence-corrected chi connectivity index (χ1v) is 10.7. The predicted molar refractivity (Wildman–Crippen MR) is 125 cm³/mol. The number of rotatable bonds is 4. The molecule has 0 bridgehead atoms. The van der Waals surface area contributed by atoms with E-state index in [4.69, 9.17) is 0 Å². The molecule has 0 atom stereocenters. The summed E-state index contributed by atoms with van der Waals surface area (Å²) in [4.78, 5) is 31.5.